The Kier molecular flexibility index (Phi) is 6.40. The smallest absolute Gasteiger partial charge is 0.259 e. The first-order chi connectivity index (χ1) is 19.1. The summed E-state index contributed by atoms with van der Waals surface area (Å²) < 4.78 is 16.8. The summed E-state index contributed by atoms with van der Waals surface area (Å²) in [6.07, 6.45) is 2.48. The Hall–Kier alpha value is -4.78. The van der Waals surface area contributed by atoms with Gasteiger partial charge in [-0.3, -0.25) is 14.5 Å². The Morgan fingerprint density at radius 3 is 2.41 bits per heavy atom. The number of furan rings is 1. The van der Waals surface area contributed by atoms with Gasteiger partial charge in [-0.2, -0.15) is 0 Å². The number of nitrogens with zero attached hydrogens (tertiary/aromatic N) is 1. The van der Waals surface area contributed by atoms with E-state index in [1.165, 1.54) is 0 Å². The summed E-state index contributed by atoms with van der Waals surface area (Å²) in [4.78, 5) is 30.2. The van der Waals surface area contributed by atoms with Gasteiger partial charge in [0.05, 0.1) is 37.9 Å². The number of Topliss-reactive ketones (excluding diaryl/α,β-unsaturated/α-hetero) is 1. The molecule has 2 aliphatic rings. The van der Waals surface area contributed by atoms with Crippen LogP contribution in [0.5, 0.6) is 11.5 Å². The summed E-state index contributed by atoms with van der Waals surface area (Å²) in [5.74, 6) is 1.64. The maximum Gasteiger partial charge on any atom is 0.259 e. The van der Waals surface area contributed by atoms with E-state index in [1.54, 1.807) is 49.6 Å². The molecule has 7 nitrogen and oxygen atoms in total. The van der Waals surface area contributed by atoms with E-state index < -0.39 is 6.04 Å². The largest absolute Gasteiger partial charge is 0.497 e. The number of ketones is 1. The number of allylic oxidation sites excluding steroid dienone is 1. The highest BCUT2D eigenvalue weighted by Crippen LogP contribution is 2.49. The third-order valence-electron chi connectivity index (χ3n) is 7.42. The van der Waals surface area contributed by atoms with Gasteiger partial charge < -0.3 is 19.2 Å². The van der Waals surface area contributed by atoms with Gasteiger partial charge in [-0.15, -0.1) is 0 Å². The van der Waals surface area contributed by atoms with Crippen LogP contribution in [-0.4, -0.2) is 25.9 Å². The number of amides is 1. The van der Waals surface area contributed by atoms with Crippen molar-refractivity contribution >= 4 is 23.1 Å². The summed E-state index contributed by atoms with van der Waals surface area (Å²) in [5.41, 5.74) is 3.97. The second-order valence-electron chi connectivity index (χ2n) is 9.63. The van der Waals surface area contributed by atoms with Crippen LogP contribution in [0.1, 0.15) is 46.5 Å². The van der Waals surface area contributed by atoms with Gasteiger partial charge in [0.15, 0.2) is 5.78 Å². The molecule has 7 heteroatoms. The second kappa shape index (κ2) is 10.2. The van der Waals surface area contributed by atoms with Crippen LogP contribution in [0.4, 0.5) is 11.4 Å². The maximum absolute atomic E-state index is 14.4. The fraction of sp³-hybridized carbons (Fsp3) is 0.188. The number of fused-ring (bicyclic) bond motifs is 1. The Bertz CT molecular complexity index is 1560. The molecule has 1 N–H and O–H groups in total. The van der Waals surface area contributed by atoms with Crippen molar-refractivity contribution in [2.45, 2.75) is 24.8 Å². The SMILES string of the molecule is COc1ccc(C(=O)N2c3ccccc3NC3=C(C(=O)C[C@@H](c4ccco4)C3)[C@@H]2c2ccccc2OC)cc1. The number of ether oxygens (including phenoxy) is 2. The molecule has 0 unspecified atom stereocenters. The van der Waals surface area contributed by atoms with E-state index in [-0.39, 0.29) is 24.0 Å². The maximum atomic E-state index is 14.4. The zero-order chi connectivity index (χ0) is 26.9. The molecule has 0 spiro atoms. The summed E-state index contributed by atoms with van der Waals surface area (Å²) >= 11 is 0. The van der Waals surface area contributed by atoms with Crippen molar-refractivity contribution in [2.75, 3.05) is 24.4 Å². The molecule has 0 bridgehead atoms. The Morgan fingerprint density at radius 2 is 1.67 bits per heavy atom. The molecule has 196 valence electrons. The zero-order valence-electron chi connectivity index (χ0n) is 21.7. The standard InChI is InChI=1S/C32H28N2O5/c1-37-22-15-13-20(14-16-22)32(36)34-26-10-5-4-9-24(26)33-25-18-21(28-12-7-17-39-28)19-27(35)30(25)31(34)23-8-3-6-11-29(23)38-2/h3-17,21,31,33H,18-19H2,1-2H3/t21-,31-/m0/s1. The lowest BCUT2D eigenvalue weighted by molar-refractivity contribution is -0.116. The molecule has 0 radical (unpaired) electrons. The highest BCUT2D eigenvalue weighted by atomic mass is 16.5. The van der Waals surface area contributed by atoms with Gasteiger partial charge in [-0.05, 0) is 61.0 Å². The van der Waals surface area contributed by atoms with Gasteiger partial charge in [0.1, 0.15) is 17.3 Å². The topological polar surface area (TPSA) is 81.0 Å². The van der Waals surface area contributed by atoms with E-state index in [1.807, 2.05) is 60.7 Å². The van der Waals surface area contributed by atoms with E-state index in [0.717, 1.165) is 22.7 Å². The minimum absolute atomic E-state index is 0.0404. The molecule has 3 aromatic carbocycles. The van der Waals surface area contributed by atoms with E-state index in [0.29, 0.717) is 34.7 Å². The number of para-hydroxylation sites is 3. The first kappa shape index (κ1) is 24.6. The first-order valence-corrected chi connectivity index (χ1v) is 12.8. The van der Waals surface area contributed by atoms with Gasteiger partial charge in [0, 0.05) is 34.7 Å². The van der Waals surface area contributed by atoms with Crippen molar-refractivity contribution in [2.24, 2.45) is 0 Å². The van der Waals surface area contributed by atoms with E-state index in [2.05, 4.69) is 5.32 Å². The minimum Gasteiger partial charge on any atom is -0.497 e. The van der Waals surface area contributed by atoms with Crippen molar-refractivity contribution in [3.05, 3.63) is 119 Å². The molecule has 1 aromatic heterocycles. The number of benzene rings is 3. The molecule has 1 aliphatic heterocycles. The molecule has 39 heavy (non-hydrogen) atoms. The number of carbonyl (C=O) groups is 2. The lowest BCUT2D eigenvalue weighted by Gasteiger charge is -2.35. The molecule has 1 aliphatic carbocycles. The average molecular weight is 521 g/mol. The first-order valence-electron chi connectivity index (χ1n) is 12.8. The number of anilines is 2. The predicted molar refractivity (Wildman–Crippen MR) is 148 cm³/mol. The quantitative estimate of drug-likeness (QED) is 0.323. The lowest BCUT2D eigenvalue weighted by Crippen LogP contribution is -2.38. The van der Waals surface area contributed by atoms with Gasteiger partial charge in [-0.25, -0.2) is 0 Å². The molecule has 1 amide bonds. The number of rotatable bonds is 5. The summed E-state index contributed by atoms with van der Waals surface area (Å²) in [5, 5.41) is 3.54. The van der Waals surface area contributed by atoms with Crippen LogP contribution in [0.3, 0.4) is 0 Å². The molecule has 6 rings (SSSR count). The Morgan fingerprint density at radius 1 is 0.897 bits per heavy atom. The predicted octanol–water partition coefficient (Wildman–Crippen LogP) is 6.51. The average Bonchev–Trinajstić information content (AvgIpc) is 3.47. The molecule has 0 fully saturated rings. The van der Waals surface area contributed by atoms with Gasteiger partial charge >= 0.3 is 0 Å². The Balaban J connectivity index is 1.58. The molecule has 0 saturated heterocycles. The van der Waals surface area contributed by atoms with Crippen LogP contribution >= 0.6 is 0 Å². The van der Waals surface area contributed by atoms with Crippen LogP contribution < -0.4 is 19.7 Å². The van der Waals surface area contributed by atoms with Gasteiger partial charge in [0.2, 0.25) is 0 Å². The zero-order valence-corrected chi connectivity index (χ0v) is 21.7. The molecular formula is C32H28N2O5. The van der Waals surface area contributed by atoms with Crippen molar-refractivity contribution in [3.8, 4) is 11.5 Å². The number of methoxy groups -OCH3 is 2. The number of nitrogens with one attached hydrogen (secondary N) is 1. The molecular weight excluding hydrogens is 492 g/mol. The highest BCUT2D eigenvalue weighted by Gasteiger charge is 2.43. The highest BCUT2D eigenvalue weighted by molar-refractivity contribution is 6.12. The monoisotopic (exact) mass is 520 g/mol. The van der Waals surface area contributed by atoms with Crippen LogP contribution in [0, 0.1) is 0 Å². The van der Waals surface area contributed by atoms with E-state index >= 15 is 0 Å². The second-order valence-corrected chi connectivity index (χ2v) is 9.63. The van der Waals surface area contributed by atoms with Crippen LogP contribution in [0.25, 0.3) is 0 Å². The number of hydrogen-bond acceptors (Lipinski definition) is 6. The van der Waals surface area contributed by atoms with E-state index in [9.17, 15) is 9.59 Å². The molecule has 2 heterocycles. The van der Waals surface area contributed by atoms with Crippen LogP contribution in [0.2, 0.25) is 0 Å². The molecule has 4 aromatic rings. The van der Waals surface area contributed by atoms with Crippen molar-refractivity contribution in [1.29, 1.82) is 0 Å². The van der Waals surface area contributed by atoms with Gasteiger partial charge in [0.25, 0.3) is 5.91 Å². The fourth-order valence-electron chi connectivity index (χ4n) is 5.60. The number of carbonyl (C=O) groups excluding carboxylic acids is 2. The third kappa shape index (κ3) is 4.36. The third-order valence-corrected chi connectivity index (χ3v) is 7.42. The van der Waals surface area contributed by atoms with Crippen molar-refractivity contribution in [1.82, 2.24) is 0 Å². The van der Waals surface area contributed by atoms with Crippen LogP contribution in [0.15, 0.2) is 107 Å². The summed E-state index contributed by atoms with van der Waals surface area (Å²) in [6, 6.07) is 25.2. The molecule has 2 atom stereocenters. The summed E-state index contributed by atoms with van der Waals surface area (Å²) in [7, 11) is 3.19. The normalized spacial score (nSPS) is 18.5. The fourth-order valence-corrected chi connectivity index (χ4v) is 5.60. The summed E-state index contributed by atoms with van der Waals surface area (Å²) in [6.45, 7) is 0. The lowest BCUT2D eigenvalue weighted by atomic mass is 9.79. The molecule has 0 saturated carbocycles. The van der Waals surface area contributed by atoms with Crippen molar-refractivity contribution < 1.29 is 23.5 Å². The van der Waals surface area contributed by atoms with Crippen molar-refractivity contribution in [3.63, 3.8) is 0 Å². The van der Waals surface area contributed by atoms with Gasteiger partial charge in [-0.1, -0.05) is 30.3 Å². The van der Waals surface area contributed by atoms with E-state index in [4.69, 9.17) is 13.9 Å². The Labute approximate surface area is 226 Å². The minimum atomic E-state index is -0.716. The number of hydrogen-bond donors (Lipinski definition) is 1. The van der Waals surface area contributed by atoms with Crippen LogP contribution in [-0.2, 0) is 4.79 Å².